The summed E-state index contributed by atoms with van der Waals surface area (Å²) in [7, 11) is 0. The van der Waals surface area contributed by atoms with Crippen molar-refractivity contribution in [1.29, 1.82) is 0 Å². The second-order valence-electron chi connectivity index (χ2n) is 8.47. The minimum Gasteiger partial charge on any atom is -0.489 e. The summed E-state index contributed by atoms with van der Waals surface area (Å²) in [4.78, 5) is 14.9. The van der Waals surface area contributed by atoms with Gasteiger partial charge < -0.3 is 20.3 Å². The molecule has 2 N–H and O–H groups in total. The molecule has 2 saturated heterocycles. The van der Waals surface area contributed by atoms with Crippen LogP contribution in [0.2, 0.25) is 15.1 Å². The van der Waals surface area contributed by atoms with Gasteiger partial charge in [-0.3, -0.25) is 4.79 Å². The number of carbonyl (C=O) groups excluding carboxylic acids is 1. The second-order valence-corrected chi connectivity index (χ2v) is 9.69. The van der Waals surface area contributed by atoms with Crippen LogP contribution in [0.15, 0.2) is 36.4 Å². The van der Waals surface area contributed by atoms with E-state index in [2.05, 4.69) is 21.6 Å². The van der Waals surface area contributed by atoms with Crippen LogP contribution in [0.5, 0.6) is 5.75 Å². The Morgan fingerprint density at radius 3 is 2.59 bits per heavy atom. The van der Waals surface area contributed by atoms with Crippen molar-refractivity contribution in [2.24, 2.45) is 0 Å². The Kier molecular flexibility index (Phi) is 8.19. The van der Waals surface area contributed by atoms with E-state index in [4.69, 9.17) is 39.5 Å². The number of nitrogens with one attached hydrogen (secondary N) is 2. The third-order valence-electron chi connectivity index (χ3n) is 6.08. The van der Waals surface area contributed by atoms with Crippen LogP contribution >= 0.6 is 34.8 Å². The number of piperidine rings is 1. The van der Waals surface area contributed by atoms with Gasteiger partial charge in [-0.05, 0) is 74.7 Å². The Bertz CT molecular complexity index is 950. The maximum absolute atomic E-state index is 12.5. The van der Waals surface area contributed by atoms with E-state index in [1.165, 1.54) is 5.56 Å². The molecular weight excluding hydrogens is 469 g/mol. The first-order chi connectivity index (χ1) is 15.5. The van der Waals surface area contributed by atoms with Crippen LogP contribution in [0.3, 0.4) is 0 Å². The van der Waals surface area contributed by atoms with E-state index in [1.807, 2.05) is 12.1 Å². The van der Waals surface area contributed by atoms with Crippen molar-refractivity contribution in [3.8, 4) is 5.75 Å². The van der Waals surface area contributed by atoms with Gasteiger partial charge in [-0.25, -0.2) is 0 Å². The van der Waals surface area contributed by atoms with E-state index in [9.17, 15) is 4.79 Å². The Labute approximate surface area is 204 Å². The van der Waals surface area contributed by atoms with Crippen LogP contribution in [-0.2, 0) is 6.42 Å². The van der Waals surface area contributed by atoms with E-state index >= 15 is 0 Å². The fraction of sp³-hybridized carbons (Fsp3) is 0.458. The van der Waals surface area contributed by atoms with Crippen molar-refractivity contribution in [1.82, 2.24) is 15.5 Å². The lowest BCUT2D eigenvalue weighted by atomic mass is 10.1. The predicted molar refractivity (Wildman–Crippen MR) is 130 cm³/mol. The van der Waals surface area contributed by atoms with Gasteiger partial charge in [0.2, 0.25) is 0 Å². The number of halogens is 3. The lowest BCUT2D eigenvalue weighted by Crippen LogP contribution is -2.37. The molecule has 8 heteroatoms. The van der Waals surface area contributed by atoms with Crippen molar-refractivity contribution >= 4 is 40.7 Å². The van der Waals surface area contributed by atoms with Gasteiger partial charge in [0.25, 0.3) is 5.91 Å². The molecule has 0 saturated carbocycles. The lowest BCUT2D eigenvalue weighted by molar-refractivity contribution is 0.0938. The van der Waals surface area contributed by atoms with Crippen LogP contribution in [0.4, 0.5) is 0 Å². The number of hydrogen-bond donors (Lipinski definition) is 2. The molecule has 2 fully saturated rings. The SMILES string of the molecule is O=C(NC1CCN(CCc2ccc(OC3CCNCC3)c(Cl)c2)C1)c1ccc(Cl)c(Cl)c1. The highest BCUT2D eigenvalue weighted by Crippen LogP contribution is 2.28. The molecule has 1 atom stereocenters. The summed E-state index contributed by atoms with van der Waals surface area (Å²) in [6.07, 6.45) is 4.09. The zero-order valence-electron chi connectivity index (χ0n) is 17.9. The van der Waals surface area contributed by atoms with Crippen LogP contribution in [0.25, 0.3) is 0 Å². The number of hydrogen-bond acceptors (Lipinski definition) is 4. The highest BCUT2D eigenvalue weighted by atomic mass is 35.5. The molecule has 1 unspecified atom stereocenters. The Balaban J connectivity index is 1.23. The molecule has 2 aromatic rings. The first-order valence-electron chi connectivity index (χ1n) is 11.1. The van der Waals surface area contributed by atoms with Gasteiger partial charge in [0, 0.05) is 31.2 Å². The van der Waals surface area contributed by atoms with Gasteiger partial charge in [0.05, 0.1) is 15.1 Å². The summed E-state index contributed by atoms with van der Waals surface area (Å²) in [5.41, 5.74) is 1.72. The van der Waals surface area contributed by atoms with E-state index in [0.29, 0.717) is 20.6 Å². The molecular formula is C24H28Cl3N3O2. The third-order valence-corrected chi connectivity index (χ3v) is 7.12. The summed E-state index contributed by atoms with van der Waals surface area (Å²) in [6.45, 7) is 4.69. The topological polar surface area (TPSA) is 53.6 Å². The summed E-state index contributed by atoms with van der Waals surface area (Å²) in [5, 5.41) is 7.95. The molecule has 2 heterocycles. The number of amides is 1. The molecule has 32 heavy (non-hydrogen) atoms. The molecule has 0 spiro atoms. The van der Waals surface area contributed by atoms with Crippen LogP contribution in [0, 0.1) is 0 Å². The van der Waals surface area contributed by atoms with Crippen molar-refractivity contribution < 1.29 is 9.53 Å². The summed E-state index contributed by atoms with van der Waals surface area (Å²) in [5.74, 6) is 0.653. The minimum atomic E-state index is -0.119. The number of ether oxygens (including phenoxy) is 1. The highest BCUT2D eigenvalue weighted by Gasteiger charge is 2.24. The minimum absolute atomic E-state index is 0.119. The maximum atomic E-state index is 12.5. The first kappa shape index (κ1) is 23.7. The van der Waals surface area contributed by atoms with Crippen LogP contribution < -0.4 is 15.4 Å². The molecule has 5 nitrogen and oxygen atoms in total. The fourth-order valence-electron chi connectivity index (χ4n) is 4.24. The zero-order chi connectivity index (χ0) is 22.5. The molecule has 0 aliphatic carbocycles. The Morgan fingerprint density at radius 1 is 1.03 bits per heavy atom. The molecule has 0 aromatic heterocycles. The molecule has 172 valence electrons. The van der Waals surface area contributed by atoms with E-state index < -0.39 is 0 Å². The van der Waals surface area contributed by atoms with Crippen LogP contribution in [-0.4, -0.2) is 55.7 Å². The van der Waals surface area contributed by atoms with Gasteiger partial charge >= 0.3 is 0 Å². The van der Waals surface area contributed by atoms with Gasteiger partial charge in [-0.15, -0.1) is 0 Å². The summed E-state index contributed by atoms with van der Waals surface area (Å²) < 4.78 is 6.08. The van der Waals surface area contributed by atoms with Crippen LogP contribution in [0.1, 0.15) is 35.2 Å². The number of rotatable bonds is 7. The van der Waals surface area contributed by atoms with Crippen molar-refractivity contribution in [3.63, 3.8) is 0 Å². The van der Waals surface area contributed by atoms with Gasteiger partial charge in [0.15, 0.2) is 0 Å². The van der Waals surface area contributed by atoms with E-state index in [1.54, 1.807) is 18.2 Å². The average molecular weight is 497 g/mol. The summed E-state index contributed by atoms with van der Waals surface area (Å²) >= 11 is 18.4. The molecule has 0 bridgehead atoms. The number of likely N-dealkylation sites (tertiary alicyclic amines) is 1. The normalized spacial score (nSPS) is 19.8. The van der Waals surface area contributed by atoms with Crippen molar-refractivity contribution in [2.45, 2.75) is 37.8 Å². The van der Waals surface area contributed by atoms with Gasteiger partial charge in [-0.2, -0.15) is 0 Å². The largest absolute Gasteiger partial charge is 0.489 e. The van der Waals surface area contributed by atoms with Crippen molar-refractivity contribution in [2.75, 3.05) is 32.7 Å². The highest BCUT2D eigenvalue weighted by molar-refractivity contribution is 6.42. The first-order valence-corrected chi connectivity index (χ1v) is 12.3. The summed E-state index contributed by atoms with van der Waals surface area (Å²) in [6, 6.07) is 11.2. The maximum Gasteiger partial charge on any atom is 0.251 e. The predicted octanol–water partition coefficient (Wildman–Crippen LogP) is 4.82. The fourth-order valence-corrected chi connectivity index (χ4v) is 4.78. The lowest BCUT2D eigenvalue weighted by Gasteiger charge is -2.24. The smallest absolute Gasteiger partial charge is 0.251 e. The number of carbonyl (C=O) groups is 1. The molecule has 2 aliphatic heterocycles. The standard InChI is InChI=1S/C24H28Cl3N3O2/c25-20-3-2-17(14-21(20)26)24(31)29-18-8-12-30(15-18)11-7-16-1-4-23(22(27)13-16)32-19-5-9-28-10-6-19/h1-4,13-14,18-19,28H,5-12,15H2,(H,29,31). The average Bonchev–Trinajstić information content (AvgIpc) is 3.24. The monoisotopic (exact) mass is 495 g/mol. The molecule has 2 aliphatic rings. The van der Waals surface area contributed by atoms with Gasteiger partial charge in [0.1, 0.15) is 11.9 Å². The zero-order valence-corrected chi connectivity index (χ0v) is 20.1. The van der Waals surface area contributed by atoms with Crippen molar-refractivity contribution in [3.05, 3.63) is 62.6 Å². The Hall–Kier alpha value is -1.50. The third kappa shape index (κ3) is 6.30. The molecule has 2 aromatic carbocycles. The van der Waals surface area contributed by atoms with E-state index in [0.717, 1.165) is 64.2 Å². The Morgan fingerprint density at radius 2 is 1.84 bits per heavy atom. The quantitative estimate of drug-likeness (QED) is 0.577. The molecule has 1 amide bonds. The number of nitrogens with zero attached hydrogens (tertiary/aromatic N) is 1. The molecule has 0 radical (unpaired) electrons. The number of benzene rings is 2. The second kappa shape index (κ2) is 11.1. The molecule has 4 rings (SSSR count). The van der Waals surface area contributed by atoms with E-state index in [-0.39, 0.29) is 18.1 Å². The van der Waals surface area contributed by atoms with Gasteiger partial charge in [-0.1, -0.05) is 40.9 Å².